The van der Waals surface area contributed by atoms with Crippen LogP contribution < -0.4 is 5.32 Å². The number of aryl methyl sites for hydroxylation is 2. The van der Waals surface area contributed by atoms with Crippen molar-refractivity contribution in [2.24, 2.45) is 0 Å². The molecule has 1 aromatic heterocycles. The smallest absolute Gasteiger partial charge is 0.246 e. The van der Waals surface area contributed by atoms with Gasteiger partial charge in [0.15, 0.2) is 0 Å². The van der Waals surface area contributed by atoms with E-state index < -0.39 is 0 Å². The van der Waals surface area contributed by atoms with E-state index in [2.05, 4.69) is 27.8 Å². The number of hydrogen-bond donors (Lipinski definition) is 1. The molecule has 94 valence electrons. The molecule has 0 aliphatic heterocycles. The molecule has 6 heteroatoms. The largest absolute Gasteiger partial charge is 0.324 e. The van der Waals surface area contributed by atoms with Gasteiger partial charge in [0.2, 0.25) is 5.91 Å². The molecule has 2 aromatic rings. The Bertz CT molecular complexity index is 535. The number of carbonyl (C=O) groups is 1. The summed E-state index contributed by atoms with van der Waals surface area (Å²) in [6, 6.07) is 5.98. The van der Waals surface area contributed by atoms with E-state index in [1.807, 2.05) is 25.1 Å². The Hall–Kier alpha value is -2.24. The maximum absolute atomic E-state index is 11.9. The zero-order valence-corrected chi connectivity index (χ0v) is 10.4. The van der Waals surface area contributed by atoms with Gasteiger partial charge < -0.3 is 5.32 Å². The molecular weight excluding hydrogens is 230 g/mol. The Morgan fingerprint density at radius 1 is 1.44 bits per heavy atom. The molecule has 1 aromatic carbocycles. The number of amides is 1. The van der Waals surface area contributed by atoms with Crippen molar-refractivity contribution in [3.05, 3.63) is 35.7 Å². The first kappa shape index (κ1) is 12.2. The van der Waals surface area contributed by atoms with E-state index in [1.165, 1.54) is 11.0 Å². The van der Waals surface area contributed by atoms with Gasteiger partial charge >= 0.3 is 0 Å². The number of para-hydroxylation sites is 1. The lowest BCUT2D eigenvalue weighted by atomic mass is 10.1. The van der Waals surface area contributed by atoms with Crippen LogP contribution in [0.4, 0.5) is 5.69 Å². The van der Waals surface area contributed by atoms with Gasteiger partial charge in [0, 0.05) is 5.69 Å². The molecule has 0 spiro atoms. The molecular formula is C12H15N5O. The van der Waals surface area contributed by atoms with Gasteiger partial charge in [-0.2, -0.15) is 0 Å². The minimum absolute atomic E-state index is 0.116. The average Bonchev–Trinajstić information content (AvgIpc) is 2.84. The molecule has 0 radical (unpaired) electrons. The van der Waals surface area contributed by atoms with Crippen LogP contribution in [0.5, 0.6) is 0 Å². The minimum atomic E-state index is -0.133. The number of rotatable bonds is 4. The molecule has 0 saturated heterocycles. The van der Waals surface area contributed by atoms with Crippen molar-refractivity contribution in [2.45, 2.75) is 26.8 Å². The van der Waals surface area contributed by atoms with E-state index in [-0.39, 0.29) is 12.5 Å². The van der Waals surface area contributed by atoms with Crippen LogP contribution in [0.1, 0.15) is 18.1 Å². The first-order valence-corrected chi connectivity index (χ1v) is 5.79. The number of tetrazole rings is 1. The Balaban J connectivity index is 2.11. The van der Waals surface area contributed by atoms with Crippen molar-refractivity contribution < 1.29 is 4.79 Å². The number of hydrogen-bond acceptors (Lipinski definition) is 4. The molecule has 18 heavy (non-hydrogen) atoms. The SMILES string of the molecule is CCc1cccc(C)c1NC(=O)Cn1cnnn1. The van der Waals surface area contributed by atoms with Crippen LogP contribution in [0.3, 0.4) is 0 Å². The van der Waals surface area contributed by atoms with Gasteiger partial charge in [-0.1, -0.05) is 25.1 Å². The Kier molecular flexibility index (Phi) is 3.66. The lowest BCUT2D eigenvalue weighted by molar-refractivity contribution is -0.116. The van der Waals surface area contributed by atoms with Gasteiger partial charge in [-0.3, -0.25) is 4.79 Å². The van der Waals surface area contributed by atoms with Crippen molar-refractivity contribution >= 4 is 11.6 Å². The van der Waals surface area contributed by atoms with Crippen LogP contribution in [-0.2, 0) is 17.8 Å². The third-order valence-corrected chi connectivity index (χ3v) is 2.70. The second-order valence-electron chi connectivity index (χ2n) is 4.02. The standard InChI is InChI=1S/C12H15N5O/c1-3-10-6-4-5-9(2)12(10)14-11(18)7-17-8-13-15-16-17/h4-6,8H,3,7H2,1-2H3,(H,14,18). The van der Waals surface area contributed by atoms with Gasteiger partial charge in [-0.15, -0.1) is 5.10 Å². The van der Waals surface area contributed by atoms with Gasteiger partial charge in [0.25, 0.3) is 0 Å². The van der Waals surface area contributed by atoms with E-state index in [1.54, 1.807) is 0 Å². The van der Waals surface area contributed by atoms with Gasteiger partial charge in [-0.05, 0) is 34.9 Å². The molecule has 6 nitrogen and oxygen atoms in total. The van der Waals surface area contributed by atoms with Crippen molar-refractivity contribution in [1.29, 1.82) is 0 Å². The highest BCUT2D eigenvalue weighted by molar-refractivity contribution is 5.92. The zero-order chi connectivity index (χ0) is 13.0. The molecule has 0 unspecified atom stereocenters. The van der Waals surface area contributed by atoms with Crippen molar-refractivity contribution in [1.82, 2.24) is 20.2 Å². The third-order valence-electron chi connectivity index (χ3n) is 2.70. The minimum Gasteiger partial charge on any atom is -0.324 e. The highest BCUT2D eigenvalue weighted by atomic mass is 16.2. The molecule has 0 saturated carbocycles. The van der Waals surface area contributed by atoms with Gasteiger partial charge in [0.05, 0.1) is 0 Å². The Morgan fingerprint density at radius 2 is 2.28 bits per heavy atom. The van der Waals surface area contributed by atoms with E-state index >= 15 is 0 Å². The number of anilines is 1. The topological polar surface area (TPSA) is 72.7 Å². The van der Waals surface area contributed by atoms with E-state index in [0.29, 0.717) is 0 Å². The Labute approximate surface area is 105 Å². The van der Waals surface area contributed by atoms with Crippen LogP contribution in [0.25, 0.3) is 0 Å². The molecule has 2 rings (SSSR count). The summed E-state index contributed by atoms with van der Waals surface area (Å²) >= 11 is 0. The number of aromatic nitrogens is 4. The van der Waals surface area contributed by atoms with Crippen LogP contribution in [0, 0.1) is 6.92 Å². The lowest BCUT2D eigenvalue weighted by Gasteiger charge is -2.12. The quantitative estimate of drug-likeness (QED) is 0.878. The van der Waals surface area contributed by atoms with Crippen molar-refractivity contribution in [3.8, 4) is 0 Å². The normalized spacial score (nSPS) is 10.3. The molecule has 0 fully saturated rings. The maximum Gasteiger partial charge on any atom is 0.246 e. The summed E-state index contributed by atoms with van der Waals surface area (Å²) in [5, 5.41) is 13.5. The van der Waals surface area contributed by atoms with Crippen LogP contribution in [-0.4, -0.2) is 26.1 Å². The number of nitrogens with one attached hydrogen (secondary N) is 1. The Morgan fingerprint density at radius 3 is 2.94 bits per heavy atom. The summed E-state index contributed by atoms with van der Waals surface area (Å²) in [5.74, 6) is -0.133. The zero-order valence-electron chi connectivity index (χ0n) is 10.4. The third kappa shape index (κ3) is 2.71. The van der Waals surface area contributed by atoms with Crippen LogP contribution in [0.2, 0.25) is 0 Å². The average molecular weight is 245 g/mol. The van der Waals surface area contributed by atoms with Crippen LogP contribution >= 0.6 is 0 Å². The maximum atomic E-state index is 11.9. The number of carbonyl (C=O) groups excluding carboxylic acids is 1. The summed E-state index contributed by atoms with van der Waals surface area (Å²) in [6.07, 6.45) is 2.29. The lowest BCUT2D eigenvalue weighted by Crippen LogP contribution is -2.20. The highest BCUT2D eigenvalue weighted by Gasteiger charge is 2.09. The molecule has 1 amide bonds. The second-order valence-corrected chi connectivity index (χ2v) is 4.02. The first-order valence-electron chi connectivity index (χ1n) is 5.79. The molecule has 0 aliphatic rings. The summed E-state index contributed by atoms with van der Waals surface area (Å²) < 4.78 is 1.39. The summed E-state index contributed by atoms with van der Waals surface area (Å²) in [7, 11) is 0. The highest BCUT2D eigenvalue weighted by Crippen LogP contribution is 2.20. The number of nitrogens with zero attached hydrogens (tertiary/aromatic N) is 4. The van der Waals surface area contributed by atoms with Gasteiger partial charge in [-0.25, -0.2) is 4.68 Å². The number of benzene rings is 1. The van der Waals surface area contributed by atoms with E-state index in [9.17, 15) is 4.79 Å². The molecule has 1 N–H and O–H groups in total. The van der Waals surface area contributed by atoms with E-state index in [0.717, 1.165) is 23.2 Å². The predicted octanol–water partition coefficient (Wildman–Crippen LogP) is 1.18. The fraction of sp³-hybridized carbons (Fsp3) is 0.333. The molecule has 0 atom stereocenters. The summed E-state index contributed by atoms with van der Waals surface area (Å²) in [5.41, 5.74) is 3.07. The fourth-order valence-electron chi connectivity index (χ4n) is 1.78. The monoisotopic (exact) mass is 245 g/mol. The van der Waals surface area contributed by atoms with Crippen LogP contribution in [0.15, 0.2) is 24.5 Å². The predicted molar refractivity (Wildman–Crippen MR) is 67.0 cm³/mol. The first-order chi connectivity index (χ1) is 8.70. The fourth-order valence-corrected chi connectivity index (χ4v) is 1.78. The van der Waals surface area contributed by atoms with Crippen molar-refractivity contribution in [3.63, 3.8) is 0 Å². The van der Waals surface area contributed by atoms with Gasteiger partial charge in [0.1, 0.15) is 12.9 Å². The van der Waals surface area contributed by atoms with Crippen molar-refractivity contribution in [2.75, 3.05) is 5.32 Å². The summed E-state index contributed by atoms with van der Waals surface area (Å²) in [4.78, 5) is 11.9. The second kappa shape index (κ2) is 5.39. The molecule has 1 heterocycles. The molecule has 0 bridgehead atoms. The summed E-state index contributed by atoms with van der Waals surface area (Å²) in [6.45, 7) is 4.15. The van der Waals surface area contributed by atoms with E-state index in [4.69, 9.17) is 0 Å². The molecule has 0 aliphatic carbocycles.